The van der Waals surface area contributed by atoms with Gasteiger partial charge in [0.15, 0.2) is 6.10 Å². The quantitative estimate of drug-likeness (QED) is 0.780. The van der Waals surface area contributed by atoms with Crippen LogP contribution in [0.25, 0.3) is 0 Å². The zero-order chi connectivity index (χ0) is 15.4. The minimum atomic E-state index is -0.762. The zero-order valence-corrected chi connectivity index (χ0v) is 14.2. The standard InChI is InChI=1S/C15H12Br2FNO2/c1-9(21-14-7-6-10(16)8-11(14)17)15(20)19-13-5-3-2-4-12(13)18/h2-9H,1H3,(H,19,20). The smallest absolute Gasteiger partial charge is 0.265 e. The summed E-state index contributed by atoms with van der Waals surface area (Å²) in [6.45, 7) is 1.60. The maximum atomic E-state index is 13.5. The molecule has 0 aliphatic rings. The summed E-state index contributed by atoms with van der Waals surface area (Å²) in [4.78, 5) is 12.0. The molecule has 1 N–H and O–H groups in total. The molecule has 0 aliphatic heterocycles. The van der Waals surface area contributed by atoms with Crippen LogP contribution in [0.4, 0.5) is 10.1 Å². The summed E-state index contributed by atoms with van der Waals surface area (Å²) < 4.78 is 20.7. The van der Waals surface area contributed by atoms with E-state index >= 15 is 0 Å². The highest BCUT2D eigenvalue weighted by atomic mass is 79.9. The minimum Gasteiger partial charge on any atom is -0.480 e. The van der Waals surface area contributed by atoms with Crippen LogP contribution in [0.1, 0.15) is 6.92 Å². The SMILES string of the molecule is CC(Oc1ccc(Br)cc1Br)C(=O)Nc1ccccc1F. The lowest BCUT2D eigenvalue weighted by atomic mass is 10.3. The molecule has 2 aromatic rings. The number of anilines is 1. The Bertz CT molecular complexity index is 664. The third-order valence-corrected chi connectivity index (χ3v) is 3.81. The van der Waals surface area contributed by atoms with E-state index in [9.17, 15) is 9.18 Å². The van der Waals surface area contributed by atoms with Gasteiger partial charge in [0.2, 0.25) is 0 Å². The molecule has 0 aromatic heterocycles. The van der Waals surface area contributed by atoms with Crippen LogP contribution in [0.5, 0.6) is 5.75 Å². The average molecular weight is 417 g/mol. The Balaban J connectivity index is 2.04. The Labute approximate surface area is 138 Å². The largest absolute Gasteiger partial charge is 0.480 e. The van der Waals surface area contributed by atoms with E-state index in [1.165, 1.54) is 12.1 Å². The number of carbonyl (C=O) groups is 1. The molecule has 2 rings (SSSR count). The predicted octanol–water partition coefficient (Wildman–Crippen LogP) is 4.76. The number of rotatable bonds is 4. The van der Waals surface area contributed by atoms with Gasteiger partial charge in [0.05, 0.1) is 10.2 Å². The van der Waals surface area contributed by atoms with E-state index in [1.54, 1.807) is 25.1 Å². The first kappa shape index (κ1) is 16.0. The molecule has 3 nitrogen and oxygen atoms in total. The van der Waals surface area contributed by atoms with Crippen molar-refractivity contribution < 1.29 is 13.9 Å². The number of amides is 1. The highest BCUT2D eigenvalue weighted by Crippen LogP contribution is 2.29. The van der Waals surface area contributed by atoms with Crippen molar-refractivity contribution in [3.05, 3.63) is 57.2 Å². The summed E-state index contributed by atoms with van der Waals surface area (Å²) in [5, 5.41) is 2.50. The molecule has 0 heterocycles. The molecule has 6 heteroatoms. The van der Waals surface area contributed by atoms with E-state index in [0.29, 0.717) is 5.75 Å². The molecule has 0 aliphatic carbocycles. The molecular weight excluding hydrogens is 405 g/mol. The summed E-state index contributed by atoms with van der Waals surface area (Å²) in [7, 11) is 0. The van der Waals surface area contributed by atoms with Gasteiger partial charge in [0.25, 0.3) is 5.91 Å². The minimum absolute atomic E-state index is 0.132. The summed E-state index contributed by atoms with van der Waals surface area (Å²) in [6.07, 6.45) is -0.762. The number of carbonyl (C=O) groups excluding carboxylic acids is 1. The van der Waals surface area contributed by atoms with Crippen LogP contribution < -0.4 is 10.1 Å². The number of benzene rings is 2. The molecule has 110 valence electrons. The molecule has 0 radical (unpaired) electrons. The van der Waals surface area contributed by atoms with Gasteiger partial charge in [-0.25, -0.2) is 4.39 Å². The molecule has 0 saturated carbocycles. The van der Waals surface area contributed by atoms with Gasteiger partial charge in [0, 0.05) is 4.47 Å². The Kier molecular flexibility index (Phi) is 5.36. The number of ether oxygens (including phenoxy) is 1. The fraction of sp³-hybridized carbons (Fsp3) is 0.133. The van der Waals surface area contributed by atoms with Gasteiger partial charge in [0.1, 0.15) is 11.6 Å². The van der Waals surface area contributed by atoms with Crippen LogP contribution in [-0.4, -0.2) is 12.0 Å². The van der Waals surface area contributed by atoms with Crippen molar-refractivity contribution >= 4 is 43.5 Å². The van der Waals surface area contributed by atoms with E-state index in [2.05, 4.69) is 37.2 Å². The second-order valence-corrected chi connectivity index (χ2v) is 6.07. The van der Waals surface area contributed by atoms with Crippen molar-refractivity contribution in [3.63, 3.8) is 0 Å². The first-order valence-electron chi connectivity index (χ1n) is 6.14. The van der Waals surface area contributed by atoms with Gasteiger partial charge in [-0.2, -0.15) is 0 Å². The van der Waals surface area contributed by atoms with E-state index in [4.69, 9.17) is 4.74 Å². The number of halogens is 3. The molecule has 1 atom stereocenters. The first-order valence-corrected chi connectivity index (χ1v) is 7.73. The molecule has 0 spiro atoms. The lowest BCUT2D eigenvalue weighted by Gasteiger charge is -2.16. The van der Waals surface area contributed by atoms with Gasteiger partial charge < -0.3 is 10.1 Å². The molecule has 0 fully saturated rings. The van der Waals surface area contributed by atoms with Crippen molar-refractivity contribution in [2.24, 2.45) is 0 Å². The highest BCUT2D eigenvalue weighted by molar-refractivity contribution is 9.11. The maximum Gasteiger partial charge on any atom is 0.265 e. The van der Waals surface area contributed by atoms with Crippen molar-refractivity contribution in [2.45, 2.75) is 13.0 Å². The lowest BCUT2D eigenvalue weighted by Crippen LogP contribution is -2.30. The molecule has 0 saturated heterocycles. The van der Waals surface area contributed by atoms with Crippen molar-refractivity contribution in [1.82, 2.24) is 0 Å². The predicted molar refractivity (Wildman–Crippen MR) is 87.0 cm³/mol. The lowest BCUT2D eigenvalue weighted by molar-refractivity contribution is -0.122. The number of nitrogens with one attached hydrogen (secondary N) is 1. The van der Waals surface area contributed by atoms with Crippen molar-refractivity contribution in [3.8, 4) is 5.75 Å². The Morgan fingerprint density at radius 1 is 1.24 bits per heavy atom. The van der Waals surface area contributed by atoms with Gasteiger partial charge >= 0.3 is 0 Å². The second-order valence-electron chi connectivity index (χ2n) is 4.30. The van der Waals surface area contributed by atoms with Crippen LogP contribution in [0.2, 0.25) is 0 Å². The number of hydrogen-bond donors (Lipinski definition) is 1. The third kappa shape index (κ3) is 4.28. The number of hydrogen-bond acceptors (Lipinski definition) is 2. The fourth-order valence-corrected chi connectivity index (χ4v) is 2.75. The summed E-state index contributed by atoms with van der Waals surface area (Å²) in [5.41, 5.74) is 0.132. The van der Waals surface area contributed by atoms with Crippen molar-refractivity contribution in [1.29, 1.82) is 0 Å². The molecule has 2 aromatic carbocycles. The van der Waals surface area contributed by atoms with Gasteiger partial charge in [-0.15, -0.1) is 0 Å². The van der Waals surface area contributed by atoms with Gasteiger partial charge in [-0.1, -0.05) is 28.1 Å². The summed E-state index contributed by atoms with van der Waals surface area (Å²) in [5.74, 6) is -0.368. The average Bonchev–Trinajstić information content (AvgIpc) is 2.44. The molecular formula is C15H12Br2FNO2. The van der Waals surface area contributed by atoms with Crippen LogP contribution in [0.3, 0.4) is 0 Å². The molecule has 1 amide bonds. The van der Waals surface area contributed by atoms with E-state index < -0.39 is 17.8 Å². The molecule has 1 unspecified atom stereocenters. The van der Waals surface area contributed by atoms with Crippen LogP contribution in [0, 0.1) is 5.82 Å². The first-order chi connectivity index (χ1) is 9.97. The van der Waals surface area contributed by atoms with Gasteiger partial charge in [-0.05, 0) is 53.2 Å². The van der Waals surface area contributed by atoms with E-state index in [1.807, 2.05) is 12.1 Å². The highest BCUT2D eigenvalue weighted by Gasteiger charge is 2.17. The maximum absolute atomic E-state index is 13.5. The summed E-state index contributed by atoms with van der Waals surface area (Å²) in [6, 6.07) is 11.3. The summed E-state index contributed by atoms with van der Waals surface area (Å²) >= 11 is 6.69. The van der Waals surface area contributed by atoms with E-state index in [0.717, 1.165) is 8.95 Å². The number of para-hydroxylation sites is 1. The molecule has 21 heavy (non-hydrogen) atoms. The zero-order valence-electron chi connectivity index (χ0n) is 11.1. The van der Waals surface area contributed by atoms with Crippen LogP contribution in [-0.2, 0) is 4.79 Å². The van der Waals surface area contributed by atoms with Crippen molar-refractivity contribution in [2.75, 3.05) is 5.32 Å². The molecule has 0 bridgehead atoms. The topological polar surface area (TPSA) is 38.3 Å². The van der Waals surface area contributed by atoms with Crippen LogP contribution >= 0.6 is 31.9 Å². The van der Waals surface area contributed by atoms with Crippen LogP contribution in [0.15, 0.2) is 51.4 Å². The van der Waals surface area contributed by atoms with Gasteiger partial charge in [-0.3, -0.25) is 4.79 Å². The Morgan fingerprint density at radius 3 is 2.62 bits per heavy atom. The van der Waals surface area contributed by atoms with E-state index in [-0.39, 0.29) is 5.69 Å². The third-order valence-electron chi connectivity index (χ3n) is 2.70. The second kappa shape index (κ2) is 7.04. The monoisotopic (exact) mass is 415 g/mol. The fourth-order valence-electron chi connectivity index (χ4n) is 1.61. The Morgan fingerprint density at radius 2 is 1.95 bits per heavy atom. The normalized spacial score (nSPS) is 11.8. The Hall–Kier alpha value is -1.40.